The van der Waals surface area contributed by atoms with E-state index in [1.807, 2.05) is 0 Å². The highest BCUT2D eigenvalue weighted by Crippen LogP contribution is 2.33. The van der Waals surface area contributed by atoms with E-state index in [0.717, 1.165) is 6.29 Å². The molecule has 34 heavy (non-hydrogen) atoms. The molecular formula is C23H21F2N4O4P+2. The molecule has 0 bridgehead atoms. The van der Waals surface area contributed by atoms with Crippen LogP contribution < -0.4 is 9.13 Å². The summed E-state index contributed by atoms with van der Waals surface area (Å²) >= 11 is 0. The molecule has 0 radical (unpaired) electrons. The minimum absolute atomic E-state index is 0.0577. The van der Waals surface area contributed by atoms with E-state index in [0.29, 0.717) is 24.1 Å². The van der Waals surface area contributed by atoms with Gasteiger partial charge in [-0.05, 0) is 11.6 Å². The Labute approximate surface area is 193 Å². The van der Waals surface area contributed by atoms with Crippen LogP contribution in [-0.2, 0) is 22.4 Å². The molecule has 0 saturated carbocycles. The third-order valence-corrected chi connectivity index (χ3v) is 6.01. The number of hydrogen-bond acceptors (Lipinski definition) is 4. The van der Waals surface area contributed by atoms with E-state index in [2.05, 4.69) is 9.97 Å². The van der Waals surface area contributed by atoms with Crippen LogP contribution in [0, 0.1) is 11.8 Å². The lowest BCUT2D eigenvalue weighted by Gasteiger charge is -2.08. The molecule has 3 aromatic heterocycles. The number of hydrogen-bond donors (Lipinski definition) is 2. The van der Waals surface area contributed by atoms with Gasteiger partial charge in [0.15, 0.2) is 37.9 Å². The van der Waals surface area contributed by atoms with Crippen LogP contribution >= 0.6 is 7.60 Å². The molecule has 0 atom stereocenters. The van der Waals surface area contributed by atoms with Crippen molar-refractivity contribution in [3.8, 4) is 22.4 Å². The molecule has 1 aromatic carbocycles. The average Bonchev–Trinajstić information content (AvgIpc) is 2.81. The van der Waals surface area contributed by atoms with Gasteiger partial charge in [0.1, 0.15) is 24.0 Å². The Morgan fingerprint density at radius 2 is 1.47 bits per heavy atom. The Morgan fingerprint density at radius 1 is 0.882 bits per heavy atom. The number of carbonyl (C=O) groups excluding carboxylic acids is 1. The van der Waals surface area contributed by atoms with E-state index in [1.54, 1.807) is 58.2 Å². The van der Waals surface area contributed by atoms with E-state index < -0.39 is 19.4 Å². The van der Waals surface area contributed by atoms with Crippen molar-refractivity contribution >= 4 is 24.9 Å². The molecule has 0 unspecified atom stereocenters. The van der Waals surface area contributed by atoms with E-state index in [9.17, 15) is 18.1 Å². The molecule has 2 N–H and O–H groups in total. The van der Waals surface area contributed by atoms with Gasteiger partial charge in [0, 0.05) is 41.5 Å². The summed E-state index contributed by atoms with van der Waals surface area (Å²) in [5.41, 5.74) is 1.55. The van der Waals surface area contributed by atoms with Crippen molar-refractivity contribution in [3.63, 3.8) is 0 Å². The van der Waals surface area contributed by atoms with Crippen molar-refractivity contribution < 1.29 is 37.1 Å². The number of aryl methyl sites for hydroxylation is 2. The van der Waals surface area contributed by atoms with Crippen molar-refractivity contribution in [1.29, 1.82) is 0 Å². The smallest absolute Gasteiger partial charge is 0.324 e. The maximum Gasteiger partial charge on any atom is 0.331 e. The Bertz CT molecular complexity index is 1390. The number of carbonyl (C=O) groups is 1. The van der Waals surface area contributed by atoms with Crippen LogP contribution in [0.25, 0.3) is 33.4 Å². The lowest BCUT2D eigenvalue weighted by Crippen LogP contribution is -2.34. The van der Waals surface area contributed by atoms with E-state index in [-0.39, 0.29) is 35.0 Å². The molecule has 0 aliphatic rings. The van der Waals surface area contributed by atoms with Crippen molar-refractivity contribution in [2.45, 2.75) is 19.5 Å². The molecule has 174 valence electrons. The largest absolute Gasteiger partial charge is 0.331 e. The molecule has 8 nitrogen and oxygen atoms in total. The molecule has 0 spiro atoms. The fourth-order valence-corrected chi connectivity index (χ4v) is 3.95. The van der Waals surface area contributed by atoms with E-state index in [1.165, 1.54) is 12.1 Å². The van der Waals surface area contributed by atoms with Gasteiger partial charge in [0.25, 0.3) is 0 Å². The van der Waals surface area contributed by atoms with Crippen molar-refractivity contribution in [2.75, 3.05) is 6.16 Å². The van der Waals surface area contributed by atoms with E-state index in [4.69, 9.17) is 9.79 Å². The number of aromatic nitrogens is 4. The van der Waals surface area contributed by atoms with Crippen LogP contribution in [0.15, 0.2) is 61.2 Å². The Morgan fingerprint density at radius 3 is 2.09 bits per heavy atom. The highest BCUT2D eigenvalue weighted by molar-refractivity contribution is 7.51. The van der Waals surface area contributed by atoms with Crippen molar-refractivity contribution in [2.24, 2.45) is 0 Å². The van der Waals surface area contributed by atoms with E-state index >= 15 is 0 Å². The normalized spacial score (nSPS) is 11.6. The van der Waals surface area contributed by atoms with Crippen LogP contribution in [0.1, 0.15) is 6.42 Å². The molecule has 0 amide bonds. The summed E-state index contributed by atoms with van der Waals surface area (Å²) in [7, 11) is -4.13. The molecular weight excluding hydrogens is 465 g/mol. The number of nitrogens with zero attached hydrogens (tertiary/aromatic N) is 4. The highest BCUT2D eigenvalue weighted by atomic mass is 31.2. The first kappa shape index (κ1) is 23.7. The highest BCUT2D eigenvalue weighted by Gasteiger charge is 2.18. The molecule has 0 aliphatic carbocycles. The van der Waals surface area contributed by atoms with Crippen LogP contribution in [-0.4, -0.2) is 32.2 Å². The van der Waals surface area contributed by atoms with Crippen molar-refractivity contribution in [3.05, 3.63) is 73.0 Å². The number of aldehydes is 1. The van der Waals surface area contributed by atoms with Crippen LogP contribution in [0.5, 0.6) is 0 Å². The SMILES string of the molecule is O=CCC[n+]1ccc(-c2cc3nc(F)c(-c4cc[n+](CCP(=O)(O)O)cc4)nc3cc2F)cc1. The minimum atomic E-state index is -4.13. The average molecular weight is 486 g/mol. The Hall–Kier alpha value is -3.46. The summed E-state index contributed by atoms with van der Waals surface area (Å²) in [4.78, 5) is 36.7. The minimum Gasteiger partial charge on any atom is -0.324 e. The molecule has 0 saturated heterocycles. The fourth-order valence-electron chi connectivity index (χ4n) is 3.46. The maximum absolute atomic E-state index is 14.9. The van der Waals surface area contributed by atoms with Crippen LogP contribution in [0.2, 0.25) is 0 Å². The van der Waals surface area contributed by atoms with Gasteiger partial charge in [-0.3, -0.25) is 4.57 Å². The number of halogens is 2. The predicted molar refractivity (Wildman–Crippen MR) is 118 cm³/mol. The van der Waals surface area contributed by atoms with Gasteiger partial charge in [-0.1, -0.05) is 0 Å². The second-order valence-corrected chi connectivity index (χ2v) is 9.45. The van der Waals surface area contributed by atoms with Crippen molar-refractivity contribution in [1.82, 2.24) is 9.97 Å². The lowest BCUT2D eigenvalue weighted by molar-refractivity contribution is -0.695. The third kappa shape index (κ3) is 5.53. The molecule has 0 fully saturated rings. The zero-order valence-corrected chi connectivity index (χ0v) is 18.8. The molecule has 4 aromatic rings. The quantitative estimate of drug-likeness (QED) is 0.225. The molecule has 0 aliphatic heterocycles. The van der Waals surface area contributed by atoms with Gasteiger partial charge in [-0.2, -0.15) is 4.39 Å². The first-order chi connectivity index (χ1) is 16.2. The molecule has 4 rings (SSSR count). The number of benzene rings is 1. The first-order valence-corrected chi connectivity index (χ1v) is 12.2. The maximum atomic E-state index is 14.9. The van der Waals surface area contributed by atoms with Gasteiger partial charge < -0.3 is 14.6 Å². The first-order valence-electron chi connectivity index (χ1n) is 10.4. The number of rotatable bonds is 8. The Balaban J connectivity index is 1.63. The lowest BCUT2D eigenvalue weighted by atomic mass is 10.1. The zero-order chi connectivity index (χ0) is 24.3. The van der Waals surface area contributed by atoms with Gasteiger partial charge in [-0.15, -0.1) is 0 Å². The third-order valence-electron chi connectivity index (χ3n) is 5.23. The number of fused-ring (bicyclic) bond motifs is 1. The van der Waals surface area contributed by atoms with Crippen LogP contribution in [0.3, 0.4) is 0 Å². The zero-order valence-electron chi connectivity index (χ0n) is 17.9. The van der Waals surface area contributed by atoms with Gasteiger partial charge in [-0.25, -0.2) is 23.5 Å². The second-order valence-electron chi connectivity index (χ2n) is 7.68. The summed E-state index contributed by atoms with van der Waals surface area (Å²) < 4.78 is 44.1. The molecule has 11 heteroatoms. The summed E-state index contributed by atoms with van der Waals surface area (Å²) in [6, 6.07) is 9.16. The number of pyridine rings is 2. The summed E-state index contributed by atoms with van der Waals surface area (Å²) in [6.07, 6.45) is 7.46. The fraction of sp³-hybridized carbons (Fsp3) is 0.174. The predicted octanol–water partition coefficient (Wildman–Crippen LogP) is 2.58. The second kappa shape index (κ2) is 9.80. The molecule has 3 heterocycles. The monoisotopic (exact) mass is 486 g/mol. The van der Waals surface area contributed by atoms with Gasteiger partial charge in [0.2, 0.25) is 5.95 Å². The van der Waals surface area contributed by atoms with Gasteiger partial charge >= 0.3 is 7.60 Å². The topological polar surface area (TPSA) is 108 Å². The Kier molecular flexibility index (Phi) is 6.83. The standard InChI is InChI=1S/C23H19F2N4O4P/c24-19-15-21-20(14-18(19)16-2-7-28(8-3-16)6-1-12-30)27-23(25)22(26-21)17-4-9-29(10-5-17)11-13-34(31,32)33/h2-5,7-10,12,14-15H,1,6,11,13H2/p+2. The summed E-state index contributed by atoms with van der Waals surface area (Å²) in [5, 5.41) is 0. The van der Waals surface area contributed by atoms with Gasteiger partial charge in [0.05, 0.1) is 17.5 Å². The summed E-state index contributed by atoms with van der Waals surface area (Å²) in [5.74, 6) is -1.36. The van der Waals surface area contributed by atoms with Crippen LogP contribution in [0.4, 0.5) is 8.78 Å². The summed E-state index contributed by atoms with van der Waals surface area (Å²) in [6.45, 7) is 0.619.